The number of nitrogens with one attached hydrogen (secondary N) is 1. The first-order chi connectivity index (χ1) is 9.59. The molecule has 1 aromatic rings. The maximum atomic E-state index is 11.9. The fourth-order valence-electron chi connectivity index (χ4n) is 2.15. The summed E-state index contributed by atoms with van der Waals surface area (Å²) in [6.45, 7) is 1.12. The quantitative estimate of drug-likeness (QED) is 0.504. The van der Waals surface area contributed by atoms with Gasteiger partial charge in [0.2, 0.25) is 0 Å². The van der Waals surface area contributed by atoms with Crippen LogP contribution in [0.15, 0.2) is 24.3 Å². The Balaban J connectivity index is 2.07. The van der Waals surface area contributed by atoms with Crippen LogP contribution in [0.3, 0.4) is 0 Å². The van der Waals surface area contributed by atoms with Gasteiger partial charge in [0.1, 0.15) is 5.69 Å². The molecule has 0 unspecified atom stereocenters. The standard InChI is InChI=1S/C13H15N3O4/c17-12(13(18)15-8-4-1-5-9-15)14-10-6-2-3-7-11(10)16(19)20/h2-3,6-7H,1,4-5,8-9H2,(H,14,17). The Morgan fingerprint density at radius 2 is 1.80 bits per heavy atom. The minimum Gasteiger partial charge on any atom is -0.334 e. The molecule has 0 aliphatic carbocycles. The molecular weight excluding hydrogens is 262 g/mol. The highest BCUT2D eigenvalue weighted by atomic mass is 16.6. The number of carbonyl (C=O) groups excluding carboxylic acids is 2. The normalized spacial score (nSPS) is 14.7. The van der Waals surface area contributed by atoms with Gasteiger partial charge in [0.25, 0.3) is 5.69 Å². The van der Waals surface area contributed by atoms with Gasteiger partial charge < -0.3 is 10.2 Å². The summed E-state index contributed by atoms with van der Waals surface area (Å²) in [5.74, 6) is -1.47. The summed E-state index contributed by atoms with van der Waals surface area (Å²) < 4.78 is 0. The van der Waals surface area contributed by atoms with Crippen molar-refractivity contribution in [3.63, 3.8) is 0 Å². The van der Waals surface area contributed by atoms with Crippen molar-refractivity contribution in [2.24, 2.45) is 0 Å². The van der Waals surface area contributed by atoms with Crippen LogP contribution in [0.2, 0.25) is 0 Å². The molecule has 0 bridgehead atoms. The number of nitro benzene ring substituents is 1. The van der Waals surface area contributed by atoms with Gasteiger partial charge in [-0.25, -0.2) is 0 Å². The first kappa shape index (κ1) is 14.0. The molecule has 2 amide bonds. The maximum absolute atomic E-state index is 11.9. The molecule has 7 nitrogen and oxygen atoms in total. The highest BCUT2D eigenvalue weighted by Crippen LogP contribution is 2.23. The van der Waals surface area contributed by atoms with Crippen LogP contribution in [-0.2, 0) is 9.59 Å². The molecule has 7 heteroatoms. The summed E-state index contributed by atoms with van der Waals surface area (Å²) in [6.07, 6.45) is 2.81. The highest BCUT2D eigenvalue weighted by molar-refractivity contribution is 6.39. The van der Waals surface area contributed by atoms with E-state index in [0.717, 1.165) is 19.3 Å². The number of para-hydroxylation sites is 2. The summed E-state index contributed by atoms with van der Waals surface area (Å²) in [5.41, 5.74) is -0.194. The number of nitrogens with zero attached hydrogens (tertiary/aromatic N) is 2. The number of benzene rings is 1. The fraction of sp³-hybridized carbons (Fsp3) is 0.385. The molecule has 20 heavy (non-hydrogen) atoms. The summed E-state index contributed by atoms with van der Waals surface area (Å²) in [7, 11) is 0. The lowest BCUT2D eigenvalue weighted by molar-refractivity contribution is -0.383. The van der Waals surface area contributed by atoms with Crippen LogP contribution in [0.1, 0.15) is 19.3 Å². The maximum Gasteiger partial charge on any atom is 0.314 e. The first-order valence-electron chi connectivity index (χ1n) is 6.43. The van der Waals surface area contributed by atoms with Crippen LogP contribution in [0.25, 0.3) is 0 Å². The van der Waals surface area contributed by atoms with E-state index in [1.54, 1.807) is 6.07 Å². The van der Waals surface area contributed by atoms with Crippen LogP contribution < -0.4 is 5.32 Å². The molecule has 0 radical (unpaired) electrons. The predicted octanol–water partition coefficient (Wildman–Crippen LogP) is 1.55. The second-order valence-electron chi connectivity index (χ2n) is 4.58. The second-order valence-corrected chi connectivity index (χ2v) is 4.58. The fourth-order valence-corrected chi connectivity index (χ4v) is 2.15. The number of piperidine rings is 1. The minimum atomic E-state index is -0.832. The number of rotatable bonds is 2. The van der Waals surface area contributed by atoms with E-state index < -0.39 is 16.7 Å². The van der Waals surface area contributed by atoms with Crippen molar-refractivity contribution in [2.75, 3.05) is 18.4 Å². The van der Waals surface area contributed by atoms with Gasteiger partial charge in [-0.2, -0.15) is 0 Å². The highest BCUT2D eigenvalue weighted by Gasteiger charge is 2.25. The molecule has 1 N–H and O–H groups in total. The number of carbonyl (C=O) groups is 2. The summed E-state index contributed by atoms with van der Waals surface area (Å²) in [5, 5.41) is 13.2. The number of anilines is 1. The average Bonchev–Trinajstić information content (AvgIpc) is 2.47. The molecule has 1 aromatic carbocycles. The second kappa shape index (κ2) is 6.14. The first-order valence-corrected chi connectivity index (χ1v) is 6.43. The molecule has 1 heterocycles. The number of hydrogen-bond donors (Lipinski definition) is 1. The number of amides is 2. The molecule has 0 saturated carbocycles. The van der Waals surface area contributed by atoms with E-state index in [0.29, 0.717) is 13.1 Å². The molecular formula is C13H15N3O4. The van der Waals surface area contributed by atoms with E-state index >= 15 is 0 Å². The Morgan fingerprint density at radius 3 is 2.45 bits per heavy atom. The van der Waals surface area contributed by atoms with E-state index in [1.807, 2.05) is 0 Å². The largest absolute Gasteiger partial charge is 0.334 e. The van der Waals surface area contributed by atoms with E-state index in [1.165, 1.54) is 23.1 Å². The van der Waals surface area contributed by atoms with Crippen molar-refractivity contribution in [3.05, 3.63) is 34.4 Å². The lowest BCUT2D eigenvalue weighted by Gasteiger charge is -2.25. The zero-order chi connectivity index (χ0) is 14.5. The minimum absolute atomic E-state index is 0.0351. The van der Waals surface area contributed by atoms with E-state index in [-0.39, 0.29) is 11.4 Å². The van der Waals surface area contributed by atoms with Gasteiger partial charge >= 0.3 is 11.8 Å². The van der Waals surface area contributed by atoms with Crippen molar-refractivity contribution >= 4 is 23.2 Å². The Morgan fingerprint density at radius 1 is 1.15 bits per heavy atom. The van der Waals surface area contributed by atoms with Crippen LogP contribution in [0, 0.1) is 10.1 Å². The van der Waals surface area contributed by atoms with Gasteiger partial charge in [-0.1, -0.05) is 12.1 Å². The van der Waals surface area contributed by atoms with Crippen LogP contribution in [-0.4, -0.2) is 34.7 Å². The molecule has 106 valence electrons. The third-order valence-electron chi connectivity index (χ3n) is 3.19. The molecule has 0 atom stereocenters. The lowest BCUT2D eigenvalue weighted by atomic mass is 10.1. The van der Waals surface area contributed by atoms with Crippen molar-refractivity contribution in [1.82, 2.24) is 4.90 Å². The third-order valence-corrected chi connectivity index (χ3v) is 3.19. The van der Waals surface area contributed by atoms with Gasteiger partial charge in [0.05, 0.1) is 4.92 Å². The van der Waals surface area contributed by atoms with Crippen LogP contribution in [0.5, 0.6) is 0 Å². The van der Waals surface area contributed by atoms with E-state index in [9.17, 15) is 19.7 Å². The predicted molar refractivity (Wildman–Crippen MR) is 72.2 cm³/mol. The van der Waals surface area contributed by atoms with Crippen LogP contribution >= 0.6 is 0 Å². The summed E-state index contributed by atoms with van der Waals surface area (Å²) >= 11 is 0. The molecule has 0 spiro atoms. The number of nitro groups is 1. The lowest BCUT2D eigenvalue weighted by Crippen LogP contribution is -2.42. The van der Waals surface area contributed by atoms with E-state index in [4.69, 9.17) is 0 Å². The van der Waals surface area contributed by atoms with Gasteiger partial charge in [-0.3, -0.25) is 19.7 Å². The Kier molecular flexibility index (Phi) is 4.29. The zero-order valence-corrected chi connectivity index (χ0v) is 10.9. The molecule has 1 saturated heterocycles. The van der Waals surface area contributed by atoms with Crippen LogP contribution in [0.4, 0.5) is 11.4 Å². The molecule has 0 aromatic heterocycles. The molecule has 1 fully saturated rings. The third kappa shape index (κ3) is 3.11. The van der Waals surface area contributed by atoms with Gasteiger partial charge in [0, 0.05) is 19.2 Å². The van der Waals surface area contributed by atoms with Gasteiger partial charge in [-0.15, -0.1) is 0 Å². The zero-order valence-electron chi connectivity index (χ0n) is 10.9. The molecule has 1 aliphatic rings. The Bertz CT molecular complexity index is 538. The van der Waals surface area contributed by atoms with Crippen molar-refractivity contribution in [2.45, 2.75) is 19.3 Å². The van der Waals surface area contributed by atoms with E-state index in [2.05, 4.69) is 5.32 Å². The van der Waals surface area contributed by atoms with Gasteiger partial charge in [0.15, 0.2) is 0 Å². The topological polar surface area (TPSA) is 92.5 Å². The smallest absolute Gasteiger partial charge is 0.314 e. The monoisotopic (exact) mass is 277 g/mol. The Labute approximate surface area is 115 Å². The Hall–Kier alpha value is -2.44. The molecule has 1 aliphatic heterocycles. The number of hydrogen-bond acceptors (Lipinski definition) is 4. The van der Waals surface area contributed by atoms with Crippen molar-refractivity contribution < 1.29 is 14.5 Å². The van der Waals surface area contributed by atoms with Crippen molar-refractivity contribution in [1.29, 1.82) is 0 Å². The summed E-state index contributed by atoms with van der Waals surface area (Å²) in [6, 6.07) is 5.74. The summed E-state index contributed by atoms with van der Waals surface area (Å²) in [4.78, 5) is 35.5. The van der Waals surface area contributed by atoms with Crippen molar-refractivity contribution in [3.8, 4) is 0 Å². The average molecular weight is 277 g/mol. The van der Waals surface area contributed by atoms with Gasteiger partial charge in [-0.05, 0) is 25.3 Å². The number of likely N-dealkylation sites (tertiary alicyclic amines) is 1. The molecule has 2 rings (SSSR count). The SMILES string of the molecule is O=C(Nc1ccccc1[N+](=O)[O-])C(=O)N1CCCCC1.